The lowest BCUT2D eigenvalue weighted by Crippen LogP contribution is -2.51. The number of nitrogens with zero attached hydrogens (tertiary/aromatic N) is 2. The van der Waals surface area contributed by atoms with Gasteiger partial charge in [-0.1, -0.05) is 42.8 Å². The van der Waals surface area contributed by atoms with E-state index in [1.807, 2.05) is 30.3 Å². The van der Waals surface area contributed by atoms with Gasteiger partial charge >= 0.3 is 0 Å². The van der Waals surface area contributed by atoms with Crippen molar-refractivity contribution in [2.24, 2.45) is 0 Å². The Morgan fingerprint density at radius 2 is 1.97 bits per heavy atom. The Morgan fingerprint density at radius 1 is 1.21 bits per heavy atom. The first-order chi connectivity index (χ1) is 16.0. The van der Waals surface area contributed by atoms with Crippen LogP contribution in [0.15, 0.2) is 42.0 Å². The number of ether oxygens (including phenoxy) is 1. The first-order valence-corrected chi connectivity index (χ1v) is 12.0. The molecule has 2 aromatic rings. The number of aliphatic hydroxyl groups is 1. The number of aryl methyl sites for hydroxylation is 1. The molecule has 6 nitrogen and oxygen atoms in total. The fourth-order valence-corrected chi connectivity index (χ4v) is 4.89. The quantitative estimate of drug-likeness (QED) is 0.619. The molecule has 1 aliphatic carbocycles. The number of carbonyl (C=O) groups excluding carboxylic acids is 1. The number of hydrogen-bond donors (Lipinski definition) is 2. The van der Waals surface area contributed by atoms with Gasteiger partial charge in [0.05, 0.1) is 17.8 Å². The number of amides is 1. The zero-order valence-corrected chi connectivity index (χ0v) is 20.1. The predicted molar refractivity (Wildman–Crippen MR) is 133 cm³/mol. The van der Waals surface area contributed by atoms with Crippen LogP contribution in [-0.2, 0) is 17.6 Å². The molecule has 1 amide bonds. The maximum Gasteiger partial charge on any atom is 0.247 e. The van der Waals surface area contributed by atoms with Crippen LogP contribution in [0.2, 0.25) is 5.02 Å². The van der Waals surface area contributed by atoms with Gasteiger partial charge in [0, 0.05) is 51.1 Å². The lowest BCUT2D eigenvalue weighted by Gasteiger charge is -2.39. The van der Waals surface area contributed by atoms with Crippen LogP contribution in [-0.4, -0.2) is 62.0 Å². The van der Waals surface area contributed by atoms with Crippen molar-refractivity contribution < 1.29 is 14.6 Å². The van der Waals surface area contributed by atoms with Gasteiger partial charge in [-0.15, -0.1) is 0 Å². The second-order valence-corrected chi connectivity index (χ2v) is 8.98. The van der Waals surface area contributed by atoms with Gasteiger partial charge in [0.1, 0.15) is 6.23 Å². The van der Waals surface area contributed by atoms with Gasteiger partial charge in [0.15, 0.2) is 5.75 Å². The van der Waals surface area contributed by atoms with Gasteiger partial charge in [-0.05, 0) is 41.3 Å². The Kier molecular flexibility index (Phi) is 7.58. The van der Waals surface area contributed by atoms with Gasteiger partial charge in [-0.25, -0.2) is 0 Å². The SMILES string of the molecule is CCc1cc(Cl)c(OC)c(N2CCN(C(O)CCNC(=O)C3=Cc4ccccc4C3)CC2)c1. The molecule has 1 fully saturated rings. The Bertz CT molecular complexity index is 1030. The van der Waals surface area contributed by atoms with E-state index in [9.17, 15) is 9.90 Å². The molecule has 0 saturated carbocycles. The predicted octanol–water partition coefficient (Wildman–Crippen LogP) is 3.50. The molecule has 2 N–H and O–H groups in total. The molecule has 33 heavy (non-hydrogen) atoms. The summed E-state index contributed by atoms with van der Waals surface area (Å²) in [4.78, 5) is 16.8. The molecular weight excluding hydrogens is 438 g/mol. The second-order valence-electron chi connectivity index (χ2n) is 8.58. The van der Waals surface area contributed by atoms with Crippen LogP contribution in [0.1, 0.15) is 30.0 Å². The smallest absolute Gasteiger partial charge is 0.247 e. The third-order valence-corrected chi connectivity index (χ3v) is 6.80. The van der Waals surface area contributed by atoms with Crippen LogP contribution in [0.4, 0.5) is 5.69 Å². The minimum Gasteiger partial charge on any atom is -0.493 e. The summed E-state index contributed by atoms with van der Waals surface area (Å²) in [7, 11) is 1.64. The summed E-state index contributed by atoms with van der Waals surface area (Å²) in [6.07, 6.45) is 3.43. The van der Waals surface area contributed by atoms with E-state index in [0.29, 0.717) is 30.2 Å². The van der Waals surface area contributed by atoms with Crippen molar-refractivity contribution in [2.75, 3.05) is 44.7 Å². The largest absolute Gasteiger partial charge is 0.493 e. The Labute approximate surface area is 200 Å². The number of carbonyl (C=O) groups is 1. The maximum atomic E-state index is 12.5. The average Bonchev–Trinajstić information content (AvgIpc) is 3.28. The van der Waals surface area contributed by atoms with E-state index in [1.54, 1.807) is 7.11 Å². The highest BCUT2D eigenvalue weighted by Gasteiger charge is 2.25. The molecule has 1 aliphatic heterocycles. The van der Waals surface area contributed by atoms with Crippen molar-refractivity contribution in [3.8, 4) is 5.75 Å². The summed E-state index contributed by atoms with van der Waals surface area (Å²) in [5.41, 5.74) is 5.26. The van der Waals surface area contributed by atoms with Crippen molar-refractivity contribution in [3.63, 3.8) is 0 Å². The summed E-state index contributed by atoms with van der Waals surface area (Å²) >= 11 is 6.43. The van der Waals surface area contributed by atoms with Crippen LogP contribution in [0.5, 0.6) is 5.75 Å². The third kappa shape index (κ3) is 5.35. The molecule has 0 spiro atoms. The highest BCUT2D eigenvalue weighted by atomic mass is 35.5. The summed E-state index contributed by atoms with van der Waals surface area (Å²) in [5.74, 6) is 0.650. The molecular formula is C26H32ClN3O3. The minimum atomic E-state index is -0.588. The monoisotopic (exact) mass is 469 g/mol. The molecule has 1 atom stereocenters. The van der Waals surface area contributed by atoms with Crippen molar-refractivity contribution in [1.82, 2.24) is 10.2 Å². The molecule has 0 aromatic heterocycles. The number of anilines is 1. The molecule has 176 valence electrons. The van der Waals surface area contributed by atoms with E-state index in [1.165, 1.54) is 11.1 Å². The molecule has 7 heteroatoms. The van der Waals surface area contributed by atoms with Crippen molar-refractivity contribution in [1.29, 1.82) is 0 Å². The Morgan fingerprint density at radius 3 is 2.67 bits per heavy atom. The number of halogens is 1. The zero-order valence-electron chi connectivity index (χ0n) is 19.3. The first kappa shape index (κ1) is 23.6. The van der Waals surface area contributed by atoms with Crippen molar-refractivity contribution in [3.05, 3.63) is 63.7 Å². The summed E-state index contributed by atoms with van der Waals surface area (Å²) in [6, 6.07) is 12.2. The molecule has 1 heterocycles. The fraction of sp³-hybridized carbons (Fsp3) is 0.423. The van der Waals surface area contributed by atoms with Crippen molar-refractivity contribution in [2.45, 2.75) is 32.4 Å². The number of fused-ring (bicyclic) bond motifs is 1. The van der Waals surface area contributed by atoms with Gasteiger partial charge in [0.2, 0.25) is 5.91 Å². The Hall–Kier alpha value is -2.54. The zero-order chi connectivity index (χ0) is 23.4. The normalized spacial score (nSPS) is 16.8. The van der Waals surface area contributed by atoms with Crippen molar-refractivity contribution >= 4 is 29.3 Å². The van der Waals surface area contributed by atoms with E-state index in [4.69, 9.17) is 16.3 Å². The number of nitrogens with one attached hydrogen (secondary N) is 1. The lowest BCUT2D eigenvalue weighted by molar-refractivity contribution is -0.117. The van der Waals surface area contributed by atoms with Gasteiger partial charge in [-0.2, -0.15) is 0 Å². The van der Waals surface area contributed by atoms with Gasteiger partial charge < -0.3 is 20.1 Å². The third-order valence-electron chi connectivity index (χ3n) is 6.52. The highest BCUT2D eigenvalue weighted by Crippen LogP contribution is 2.37. The number of aliphatic hydroxyl groups excluding tert-OH is 1. The van der Waals surface area contributed by atoms with Crippen LogP contribution >= 0.6 is 11.6 Å². The molecule has 0 bridgehead atoms. The molecule has 1 saturated heterocycles. The molecule has 1 unspecified atom stereocenters. The average molecular weight is 470 g/mol. The number of hydrogen-bond acceptors (Lipinski definition) is 5. The van der Waals surface area contributed by atoms with Gasteiger partial charge in [-0.3, -0.25) is 9.69 Å². The number of benzene rings is 2. The van der Waals surface area contributed by atoms with E-state index >= 15 is 0 Å². The van der Waals surface area contributed by atoms with Crippen LogP contribution in [0, 0.1) is 0 Å². The van der Waals surface area contributed by atoms with Gasteiger partial charge in [0.25, 0.3) is 0 Å². The molecule has 2 aromatic carbocycles. The summed E-state index contributed by atoms with van der Waals surface area (Å²) in [6.45, 7) is 5.55. The van der Waals surface area contributed by atoms with E-state index < -0.39 is 6.23 Å². The number of rotatable bonds is 8. The van der Waals surface area contributed by atoms with Crippen LogP contribution < -0.4 is 15.0 Å². The maximum absolute atomic E-state index is 12.5. The molecule has 4 rings (SSSR count). The van der Waals surface area contributed by atoms with Crippen LogP contribution in [0.25, 0.3) is 6.08 Å². The highest BCUT2D eigenvalue weighted by molar-refractivity contribution is 6.32. The Balaban J connectivity index is 1.25. The minimum absolute atomic E-state index is 0.0528. The summed E-state index contributed by atoms with van der Waals surface area (Å²) in [5, 5.41) is 14.3. The second kappa shape index (κ2) is 10.6. The molecule has 0 radical (unpaired) electrons. The standard InChI is InChI=1S/C26H32ClN3O3/c1-3-18-14-22(27)25(33-2)23(15-18)29-10-12-30(13-11-29)24(31)8-9-28-26(32)21-16-19-6-4-5-7-20(19)17-21/h4-7,14-16,24,31H,3,8-13,17H2,1-2H3,(H,28,32). The molecule has 2 aliphatic rings. The van der Waals surface area contributed by atoms with E-state index in [-0.39, 0.29) is 5.91 Å². The first-order valence-electron chi connectivity index (χ1n) is 11.6. The summed E-state index contributed by atoms with van der Waals surface area (Å²) < 4.78 is 5.56. The fourth-order valence-electron chi connectivity index (χ4n) is 4.57. The van der Waals surface area contributed by atoms with Crippen LogP contribution in [0.3, 0.4) is 0 Å². The number of piperazine rings is 1. The topological polar surface area (TPSA) is 65.0 Å². The van der Waals surface area contributed by atoms with E-state index in [2.05, 4.69) is 34.2 Å². The lowest BCUT2D eigenvalue weighted by atomic mass is 10.1. The number of methoxy groups -OCH3 is 1. The van der Waals surface area contributed by atoms with E-state index in [0.717, 1.165) is 49.4 Å².